The summed E-state index contributed by atoms with van der Waals surface area (Å²) < 4.78 is 0. The second-order valence-corrected chi connectivity index (χ2v) is 7.60. The largest absolute Gasteiger partial charge is 0.314 e. The maximum Gasteiger partial charge on any atom is 0.0100 e. The Kier molecular flexibility index (Phi) is 8.84. The highest BCUT2D eigenvalue weighted by molar-refractivity contribution is 4.92. The van der Waals surface area contributed by atoms with Gasteiger partial charge in [-0.1, -0.05) is 72.6 Å². The molecular formula is C19H39N. The zero-order valence-electron chi connectivity index (χ0n) is 14.6. The normalized spacial score (nSPS) is 23.1. The first-order chi connectivity index (χ1) is 9.61. The van der Waals surface area contributed by atoms with Crippen molar-refractivity contribution in [2.24, 2.45) is 11.3 Å². The van der Waals surface area contributed by atoms with E-state index in [1.165, 1.54) is 77.2 Å². The predicted molar refractivity (Wildman–Crippen MR) is 91.2 cm³/mol. The summed E-state index contributed by atoms with van der Waals surface area (Å²) in [5, 5.41) is 3.87. The van der Waals surface area contributed by atoms with E-state index in [0.29, 0.717) is 5.41 Å². The molecule has 120 valence electrons. The van der Waals surface area contributed by atoms with E-state index in [4.69, 9.17) is 0 Å². The predicted octanol–water partition coefficient (Wildman–Crippen LogP) is 5.93. The first-order valence-corrected chi connectivity index (χ1v) is 9.35. The van der Waals surface area contributed by atoms with E-state index in [1.54, 1.807) is 0 Å². The van der Waals surface area contributed by atoms with Crippen molar-refractivity contribution in [2.75, 3.05) is 6.54 Å². The first kappa shape index (κ1) is 18.0. The van der Waals surface area contributed by atoms with Crippen LogP contribution in [0.3, 0.4) is 0 Å². The van der Waals surface area contributed by atoms with Crippen molar-refractivity contribution in [3.05, 3.63) is 0 Å². The van der Waals surface area contributed by atoms with E-state index in [0.717, 1.165) is 12.0 Å². The number of hydrogen-bond donors (Lipinski definition) is 1. The molecule has 1 saturated carbocycles. The van der Waals surface area contributed by atoms with Crippen molar-refractivity contribution in [1.29, 1.82) is 0 Å². The smallest absolute Gasteiger partial charge is 0.0100 e. The number of rotatable bonds is 11. The molecule has 1 fully saturated rings. The van der Waals surface area contributed by atoms with Crippen LogP contribution in [0.2, 0.25) is 0 Å². The topological polar surface area (TPSA) is 12.0 Å². The molecular weight excluding hydrogens is 242 g/mol. The fraction of sp³-hybridized carbons (Fsp3) is 1.00. The SMILES string of the molecule is CCCCCCCCC(NCCC)C1CCCC1(C)C. The van der Waals surface area contributed by atoms with Crippen LogP contribution >= 0.6 is 0 Å². The van der Waals surface area contributed by atoms with E-state index in [9.17, 15) is 0 Å². The highest BCUT2D eigenvalue weighted by Crippen LogP contribution is 2.45. The molecule has 1 aliphatic carbocycles. The lowest BCUT2D eigenvalue weighted by atomic mass is 9.76. The molecule has 0 amide bonds. The Balaban J connectivity index is 2.32. The van der Waals surface area contributed by atoms with Gasteiger partial charge in [0.1, 0.15) is 0 Å². The van der Waals surface area contributed by atoms with Gasteiger partial charge in [0.2, 0.25) is 0 Å². The van der Waals surface area contributed by atoms with Crippen molar-refractivity contribution in [3.63, 3.8) is 0 Å². The van der Waals surface area contributed by atoms with Crippen LogP contribution in [0, 0.1) is 11.3 Å². The van der Waals surface area contributed by atoms with E-state index in [1.807, 2.05) is 0 Å². The molecule has 0 aromatic carbocycles. The highest BCUT2D eigenvalue weighted by atomic mass is 14.9. The molecule has 0 aromatic heterocycles. The molecule has 0 radical (unpaired) electrons. The molecule has 1 aliphatic rings. The third kappa shape index (κ3) is 6.16. The molecule has 1 heteroatoms. The summed E-state index contributed by atoms with van der Waals surface area (Å²) in [4.78, 5) is 0. The number of nitrogens with one attached hydrogen (secondary N) is 1. The quantitative estimate of drug-likeness (QED) is 0.463. The molecule has 0 heterocycles. The monoisotopic (exact) mass is 281 g/mol. The molecule has 1 N–H and O–H groups in total. The van der Waals surface area contributed by atoms with Gasteiger partial charge in [0.25, 0.3) is 0 Å². The van der Waals surface area contributed by atoms with Gasteiger partial charge in [-0.05, 0) is 43.6 Å². The van der Waals surface area contributed by atoms with Crippen LogP contribution in [0.15, 0.2) is 0 Å². The van der Waals surface area contributed by atoms with Crippen LogP contribution in [0.1, 0.15) is 98.3 Å². The lowest BCUT2D eigenvalue weighted by Gasteiger charge is -2.35. The molecule has 0 aliphatic heterocycles. The summed E-state index contributed by atoms with van der Waals surface area (Å²) >= 11 is 0. The Morgan fingerprint density at radius 1 is 1.00 bits per heavy atom. The lowest BCUT2D eigenvalue weighted by molar-refractivity contribution is 0.187. The minimum atomic E-state index is 0.563. The Morgan fingerprint density at radius 3 is 2.30 bits per heavy atom. The van der Waals surface area contributed by atoms with Gasteiger partial charge in [-0.15, -0.1) is 0 Å². The minimum Gasteiger partial charge on any atom is -0.314 e. The average molecular weight is 282 g/mol. The van der Waals surface area contributed by atoms with Gasteiger partial charge in [0, 0.05) is 6.04 Å². The molecule has 2 unspecified atom stereocenters. The Hall–Kier alpha value is -0.0400. The molecule has 2 atom stereocenters. The van der Waals surface area contributed by atoms with E-state index < -0.39 is 0 Å². The zero-order chi connectivity index (χ0) is 14.8. The summed E-state index contributed by atoms with van der Waals surface area (Å²) in [6.45, 7) is 10.8. The zero-order valence-corrected chi connectivity index (χ0v) is 14.6. The lowest BCUT2D eigenvalue weighted by Crippen LogP contribution is -2.41. The summed E-state index contributed by atoms with van der Waals surface area (Å²) in [7, 11) is 0. The fourth-order valence-electron chi connectivity index (χ4n) is 4.02. The van der Waals surface area contributed by atoms with Gasteiger partial charge in [0.15, 0.2) is 0 Å². The van der Waals surface area contributed by atoms with E-state index >= 15 is 0 Å². The van der Waals surface area contributed by atoms with Crippen molar-refractivity contribution in [3.8, 4) is 0 Å². The third-order valence-corrected chi connectivity index (χ3v) is 5.35. The van der Waals surface area contributed by atoms with Gasteiger partial charge in [-0.3, -0.25) is 0 Å². The molecule has 1 rings (SSSR count). The van der Waals surface area contributed by atoms with Crippen molar-refractivity contribution < 1.29 is 0 Å². The van der Waals surface area contributed by atoms with Gasteiger partial charge >= 0.3 is 0 Å². The van der Waals surface area contributed by atoms with Crippen LogP contribution in [0.5, 0.6) is 0 Å². The van der Waals surface area contributed by atoms with Crippen LogP contribution in [-0.2, 0) is 0 Å². The summed E-state index contributed by atoms with van der Waals surface area (Å²) in [5.41, 5.74) is 0.563. The standard InChI is InChI=1S/C19H39N/c1-5-7-8-9-10-11-14-18(20-16-6-2)17-13-12-15-19(17,3)4/h17-18,20H,5-16H2,1-4H3. The molecule has 0 aromatic rings. The van der Waals surface area contributed by atoms with Crippen LogP contribution in [-0.4, -0.2) is 12.6 Å². The Morgan fingerprint density at radius 2 is 1.70 bits per heavy atom. The second kappa shape index (κ2) is 9.82. The number of unbranched alkanes of at least 4 members (excludes halogenated alkanes) is 5. The summed E-state index contributed by atoms with van der Waals surface area (Å²) in [5.74, 6) is 0.907. The fourth-order valence-corrected chi connectivity index (χ4v) is 4.02. The van der Waals surface area contributed by atoms with Crippen LogP contribution in [0.4, 0.5) is 0 Å². The maximum absolute atomic E-state index is 3.87. The second-order valence-electron chi connectivity index (χ2n) is 7.60. The maximum atomic E-state index is 3.87. The van der Waals surface area contributed by atoms with E-state index in [2.05, 4.69) is 33.0 Å². The van der Waals surface area contributed by atoms with E-state index in [-0.39, 0.29) is 0 Å². The molecule has 0 saturated heterocycles. The van der Waals surface area contributed by atoms with Gasteiger partial charge in [0.05, 0.1) is 0 Å². The highest BCUT2D eigenvalue weighted by Gasteiger charge is 2.38. The van der Waals surface area contributed by atoms with Crippen molar-refractivity contribution >= 4 is 0 Å². The Bertz CT molecular complexity index is 234. The summed E-state index contributed by atoms with van der Waals surface area (Å²) in [6.07, 6.45) is 15.5. The van der Waals surface area contributed by atoms with Crippen LogP contribution in [0.25, 0.3) is 0 Å². The molecule has 20 heavy (non-hydrogen) atoms. The van der Waals surface area contributed by atoms with Gasteiger partial charge < -0.3 is 5.32 Å². The third-order valence-electron chi connectivity index (χ3n) is 5.35. The molecule has 0 bridgehead atoms. The van der Waals surface area contributed by atoms with Crippen molar-refractivity contribution in [2.45, 2.75) is 104 Å². The van der Waals surface area contributed by atoms with Gasteiger partial charge in [-0.2, -0.15) is 0 Å². The van der Waals surface area contributed by atoms with Crippen molar-refractivity contribution in [1.82, 2.24) is 5.32 Å². The molecule has 0 spiro atoms. The first-order valence-electron chi connectivity index (χ1n) is 9.35. The summed E-state index contributed by atoms with van der Waals surface area (Å²) in [6, 6.07) is 0.777. The number of hydrogen-bond acceptors (Lipinski definition) is 1. The molecule has 1 nitrogen and oxygen atoms in total. The van der Waals surface area contributed by atoms with Gasteiger partial charge in [-0.25, -0.2) is 0 Å². The Labute approximate surface area is 128 Å². The minimum absolute atomic E-state index is 0.563. The average Bonchev–Trinajstić information content (AvgIpc) is 2.77. The van der Waals surface area contributed by atoms with Crippen LogP contribution < -0.4 is 5.32 Å².